The summed E-state index contributed by atoms with van der Waals surface area (Å²) in [6.45, 7) is 2.32. The molecule has 7 heteroatoms. The fraction of sp³-hybridized carbons (Fsp3) is 0.800. The number of hydrogen-bond acceptors (Lipinski definition) is 3. The highest BCUT2D eigenvalue weighted by Crippen LogP contribution is 2.08. The van der Waals surface area contributed by atoms with E-state index in [1.807, 2.05) is 0 Å². The predicted octanol–water partition coefficient (Wildman–Crippen LogP) is 1.03. The summed E-state index contributed by atoms with van der Waals surface area (Å²) in [4.78, 5) is 21.8. The van der Waals surface area contributed by atoms with Gasteiger partial charge in [0.15, 0.2) is 0 Å². The number of carboxylic acids is 1. The summed E-state index contributed by atoms with van der Waals surface area (Å²) in [6, 6.07) is 0. The maximum atomic E-state index is 11.7. The number of aliphatic carboxylic acids is 1. The molecule has 0 heterocycles. The molecule has 17 heavy (non-hydrogen) atoms. The zero-order chi connectivity index (χ0) is 13.5. The molecule has 0 aromatic rings. The summed E-state index contributed by atoms with van der Waals surface area (Å²) >= 11 is 0. The second kappa shape index (κ2) is 7.16. The van der Waals surface area contributed by atoms with Crippen molar-refractivity contribution < 1.29 is 28.2 Å². The lowest BCUT2D eigenvalue weighted by molar-refractivity contribution is -0.138. The molecular formula is C10H17F2NO4. The lowest BCUT2D eigenvalue weighted by Gasteiger charge is -2.24. The first-order chi connectivity index (χ1) is 7.73. The number of alkyl halides is 2. The molecule has 0 fully saturated rings. The standard InChI is InChI=1S/C10H17F2NO4/c1-10(2,5-9(15)16)13-8(14)3-4-17-6-7(11)12/h7H,3-6H2,1-2H3,(H,13,14)(H,15,16). The molecule has 0 aliphatic rings. The largest absolute Gasteiger partial charge is 0.481 e. The number of carbonyl (C=O) groups is 2. The van der Waals surface area contributed by atoms with Gasteiger partial charge in [0.25, 0.3) is 6.43 Å². The molecule has 0 bridgehead atoms. The van der Waals surface area contributed by atoms with Crippen molar-refractivity contribution in [2.24, 2.45) is 0 Å². The van der Waals surface area contributed by atoms with Gasteiger partial charge in [-0.05, 0) is 13.8 Å². The van der Waals surface area contributed by atoms with Crippen molar-refractivity contribution >= 4 is 11.9 Å². The minimum Gasteiger partial charge on any atom is -0.481 e. The topological polar surface area (TPSA) is 75.6 Å². The normalized spacial score (nSPS) is 11.6. The fourth-order valence-corrected chi connectivity index (χ4v) is 1.20. The number of rotatable bonds is 8. The van der Waals surface area contributed by atoms with Crippen LogP contribution in [0.15, 0.2) is 0 Å². The molecule has 5 nitrogen and oxygen atoms in total. The van der Waals surface area contributed by atoms with E-state index in [-0.39, 0.29) is 19.4 Å². The van der Waals surface area contributed by atoms with Gasteiger partial charge < -0.3 is 15.2 Å². The summed E-state index contributed by atoms with van der Waals surface area (Å²) in [5.41, 5.74) is -0.869. The van der Waals surface area contributed by atoms with Crippen molar-refractivity contribution in [3.63, 3.8) is 0 Å². The summed E-state index contributed by atoms with van der Waals surface area (Å²) in [5, 5.41) is 11.1. The Bertz CT molecular complexity index is 269. The molecule has 0 aliphatic heterocycles. The molecule has 0 rings (SSSR count). The smallest absolute Gasteiger partial charge is 0.305 e. The van der Waals surface area contributed by atoms with Gasteiger partial charge in [0.1, 0.15) is 6.61 Å². The Kier molecular flexibility index (Phi) is 6.64. The first-order valence-electron chi connectivity index (χ1n) is 5.11. The first kappa shape index (κ1) is 15.8. The van der Waals surface area contributed by atoms with Crippen LogP contribution >= 0.6 is 0 Å². The van der Waals surface area contributed by atoms with Crippen LogP contribution in [-0.4, -0.2) is 42.2 Å². The Balaban J connectivity index is 3.81. The van der Waals surface area contributed by atoms with Crippen molar-refractivity contribution in [3.8, 4) is 0 Å². The average molecular weight is 253 g/mol. The van der Waals surface area contributed by atoms with E-state index in [4.69, 9.17) is 5.11 Å². The Labute approximate surface area is 98.1 Å². The van der Waals surface area contributed by atoms with Crippen molar-refractivity contribution in [3.05, 3.63) is 0 Å². The molecule has 0 atom stereocenters. The number of nitrogens with one attached hydrogen (secondary N) is 1. The van der Waals surface area contributed by atoms with Gasteiger partial charge in [-0.15, -0.1) is 0 Å². The second-order valence-corrected chi connectivity index (χ2v) is 4.22. The van der Waals surface area contributed by atoms with Crippen LogP contribution in [0.4, 0.5) is 8.78 Å². The summed E-state index contributed by atoms with van der Waals surface area (Å²) in [6.07, 6.45) is -2.84. The van der Waals surface area contributed by atoms with E-state index in [0.29, 0.717) is 0 Å². The van der Waals surface area contributed by atoms with Crippen LogP contribution < -0.4 is 5.32 Å². The Hall–Kier alpha value is -1.24. The summed E-state index contributed by atoms with van der Waals surface area (Å²) in [5.74, 6) is -1.45. The molecule has 0 radical (unpaired) electrons. The number of carboxylic acid groups (broad SMARTS) is 1. The van der Waals surface area contributed by atoms with E-state index in [1.165, 1.54) is 0 Å². The van der Waals surface area contributed by atoms with Crippen LogP contribution in [0.1, 0.15) is 26.7 Å². The zero-order valence-corrected chi connectivity index (χ0v) is 9.83. The molecule has 2 N–H and O–H groups in total. The van der Waals surface area contributed by atoms with E-state index in [1.54, 1.807) is 13.8 Å². The molecule has 0 saturated heterocycles. The number of ether oxygens (including phenoxy) is 1. The van der Waals surface area contributed by atoms with Crippen LogP contribution in [0.2, 0.25) is 0 Å². The van der Waals surface area contributed by atoms with Gasteiger partial charge in [-0.2, -0.15) is 0 Å². The third-order valence-corrected chi connectivity index (χ3v) is 1.79. The maximum absolute atomic E-state index is 11.7. The third kappa shape index (κ3) is 9.68. The van der Waals surface area contributed by atoms with Gasteiger partial charge in [0.05, 0.1) is 13.0 Å². The average Bonchev–Trinajstić information content (AvgIpc) is 2.08. The monoisotopic (exact) mass is 253 g/mol. The Morgan fingerprint density at radius 2 is 2.00 bits per heavy atom. The van der Waals surface area contributed by atoms with E-state index in [9.17, 15) is 18.4 Å². The second-order valence-electron chi connectivity index (χ2n) is 4.22. The molecule has 0 aromatic heterocycles. The van der Waals surface area contributed by atoms with E-state index >= 15 is 0 Å². The lowest BCUT2D eigenvalue weighted by Crippen LogP contribution is -2.45. The van der Waals surface area contributed by atoms with Crippen LogP contribution in [0, 0.1) is 0 Å². The number of carbonyl (C=O) groups excluding carboxylic acids is 1. The number of amides is 1. The van der Waals surface area contributed by atoms with Crippen molar-refractivity contribution in [2.45, 2.75) is 38.7 Å². The summed E-state index contributed by atoms with van der Waals surface area (Å²) < 4.78 is 27.9. The van der Waals surface area contributed by atoms with Crippen LogP contribution in [0.5, 0.6) is 0 Å². The SMILES string of the molecule is CC(C)(CC(=O)O)NC(=O)CCOCC(F)F. The maximum Gasteiger partial charge on any atom is 0.305 e. The quantitative estimate of drug-likeness (QED) is 0.633. The molecule has 0 saturated carbocycles. The first-order valence-corrected chi connectivity index (χ1v) is 5.11. The highest BCUT2D eigenvalue weighted by molar-refractivity contribution is 5.78. The van der Waals surface area contributed by atoms with Crippen molar-refractivity contribution in [2.75, 3.05) is 13.2 Å². The molecule has 100 valence electrons. The van der Waals surface area contributed by atoms with Crippen LogP contribution in [-0.2, 0) is 14.3 Å². The number of halogens is 2. The predicted molar refractivity (Wildman–Crippen MR) is 55.9 cm³/mol. The molecular weight excluding hydrogens is 236 g/mol. The van der Waals surface area contributed by atoms with Gasteiger partial charge in [0.2, 0.25) is 5.91 Å². The van der Waals surface area contributed by atoms with E-state index < -0.39 is 30.4 Å². The minimum absolute atomic E-state index is 0.0736. The minimum atomic E-state index is -2.55. The van der Waals surface area contributed by atoms with Crippen molar-refractivity contribution in [1.29, 1.82) is 0 Å². The zero-order valence-electron chi connectivity index (χ0n) is 9.83. The Morgan fingerprint density at radius 3 is 2.47 bits per heavy atom. The molecule has 0 unspecified atom stereocenters. The lowest BCUT2D eigenvalue weighted by atomic mass is 10.0. The summed E-state index contributed by atoms with van der Waals surface area (Å²) in [7, 11) is 0. The van der Waals surface area contributed by atoms with Crippen molar-refractivity contribution in [1.82, 2.24) is 5.32 Å². The highest BCUT2D eigenvalue weighted by atomic mass is 19.3. The van der Waals surface area contributed by atoms with Crippen LogP contribution in [0.25, 0.3) is 0 Å². The highest BCUT2D eigenvalue weighted by Gasteiger charge is 2.23. The molecule has 0 aromatic carbocycles. The van der Waals surface area contributed by atoms with Gasteiger partial charge in [0, 0.05) is 12.0 Å². The van der Waals surface area contributed by atoms with Gasteiger partial charge in [-0.1, -0.05) is 0 Å². The van der Waals surface area contributed by atoms with Crippen LogP contribution in [0.3, 0.4) is 0 Å². The molecule has 0 spiro atoms. The number of hydrogen-bond donors (Lipinski definition) is 2. The molecule has 0 aliphatic carbocycles. The van der Waals surface area contributed by atoms with Gasteiger partial charge in [-0.3, -0.25) is 9.59 Å². The third-order valence-electron chi connectivity index (χ3n) is 1.79. The molecule has 1 amide bonds. The Morgan fingerprint density at radius 1 is 1.41 bits per heavy atom. The van der Waals surface area contributed by atoms with Gasteiger partial charge in [-0.25, -0.2) is 8.78 Å². The van der Waals surface area contributed by atoms with Gasteiger partial charge >= 0.3 is 5.97 Å². The fourth-order valence-electron chi connectivity index (χ4n) is 1.20. The van der Waals surface area contributed by atoms with E-state index in [2.05, 4.69) is 10.1 Å². The van der Waals surface area contributed by atoms with E-state index in [0.717, 1.165) is 0 Å².